The van der Waals surface area contributed by atoms with Gasteiger partial charge < -0.3 is 28.4 Å². The summed E-state index contributed by atoms with van der Waals surface area (Å²) in [6, 6.07) is 129. The molecule has 18 aromatic rings. The van der Waals surface area contributed by atoms with E-state index in [1.807, 2.05) is 6.07 Å². The van der Waals surface area contributed by atoms with Gasteiger partial charge in [0, 0.05) is 66.8 Å². The lowest BCUT2D eigenvalue weighted by molar-refractivity contribution is -0.786. The highest BCUT2D eigenvalue weighted by molar-refractivity contribution is 6.92. The van der Waals surface area contributed by atoms with Crippen molar-refractivity contribution in [1.82, 2.24) is 0 Å². The molecule has 142 heavy (non-hydrogen) atoms. The molecule has 18 heteroatoms. The van der Waals surface area contributed by atoms with Gasteiger partial charge in [0.2, 0.25) is 0 Å². The minimum atomic E-state index is -1.55. The normalized spacial score (nSPS) is 11.2. The maximum Gasteiger partial charge on any atom is 0.357 e. The van der Waals surface area contributed by atoms with Gasteiger partial charge in [-0.15, -0.1) is 0 Å². The molecule has 1 nitrogen and oxygen atoms in total. The molecule has 1 aliphatic rings. The Hall–Kier alpha value is -13.7. The van der Waals surface area contributed by atoms with Gasteiger partial charge in [0.1, 0.15) is 46.2 Å². The maximum absolute atomic E-state index is 12.6. The number of nitrogens with one attached hydrogen (secondary N) is 1. The summed E-state index contributed by atoms with van der Waals surface area (Å²) in [4.78, 5) is 1.37. The van der Waals surface area contributed by atoms with Crippen molar-refractivity contribution in [2.24, 2.45) is 0 Å². The summed E-state index contributed by atoms with van der Waals surface area (Å²) in [7, 11) is 19.7. The predicted molar refractivity (Wildman–Crippen MR) is 582 cm³/mol. The molecule has 0 heterocycles. The second kappa shape index (κ2) is 54.9. The number of aryl methyl sites for hydroxylation is 1. The number of allylic oxidation sites excluding steroid dienone is 5. The van der Waals surface area contributed by atoms with Gasteiger partial charge >= 0.3 is 21.2 Å². The summed E-state index contributed by atoms with van der Waals surface area (Å²) in [5.41, 5.74) is 18.2. The highest BCUT2D eigenvalue weighted by atomic mass is 127. The SMILES string of the molecule is C.C.C.C1=C[CH+]C(=C(c2ccccc2)c2ccccc2)C=C1.C[NH+](C)c1ccccc1.Cc1ccc([I+]c2ccc(C(C)C)cc2)cc1.[2H]C.[2H]C([2H])[2H].[2H]C[2H].[3H]P.[B-]c1c(F)c(F)c(C)c(F)c1F.[B-]c1c(F)c(F)c(C)c(F)c1F.[B-]c1c(F)c(F)c(C)c(F)c1F.c1ccc(-c2cc3c4cc(-c5ccccc5)c(-c5ccccc5)cc4c4cc(-c5ccccc5)c(-c5ccccc5)cc4c3cc2-c2ccccc2)cc1. The molecule has 1 aliphatic carbocycles. The molecule has 0 saturated heterocycles. The van der Waals surface area contributed by atoms with E-state index in [-0.39, 0.29) is 50.9 Å². The van der Waals surface area contributed by atoms with Crippen molar-refractivity contribution < 1.29 is 87.0 Å². The fourth-order valence-corrected chi connectivity index (χ4v) is 17.4. The van der Waals surface area contributed by atoms with Crippen molar-refractivity contribution in [3.8, 4) is 66.8 Å². The number of hydrogen-bond donors (Lipinski definition) is 1. The van der Waals surface area contributed by atoms with Crippen LogP contribution in [0.25, 0.3) is 105 Å². The molecule has 1 unspecified atom stereocenters. The molecule has 0 bridgehead atoms. The van der Waals surface area contributed by atoms with Crippen LogP contribution in [0, 0.1) is 111 Å². The molecule has 19 rings (SSSR count). The third kappa shape index (κ3) is 28.0. The third-order valence-corrected chi connectivity index (χ3v) is 25.4. The van der Waals surface area contributed by atoms with E-state index in [1.165, 1.54) is 158 Å². The van der Waals surface area contributed by atoms with Crippen molar-refractivity contribution in [2.45, 2.75) is 91.9 Å². The average molecular weight is 2050 g/mol. The summed E-state index contributed by atoms with van der Waals surface area (Å²) < 4.78 is 194. The first-order valence-electron chi connectivity index (χ1n) is 48.1. The van der Waals surface area contributed by atoms with Gasteiger partial charge in [-0.05, 0) is 235 Å². The molecule has 0 aliphatic heterocycles. The van der Waals surface area contributed by atoms with Crippen LogP contribution >= 0.6 is 9.84 Å². The summed E-state index contributed by atoms with van der Waals surface area (Å²) in [6.07, 6.45) is 10.5. The zero-order valence-electron chi connectivity index (χ0n) is 85.0. The van der Waals surface area contributed by atoms with Gasteiger partial charge in [-0.1, -0.05) is 325 Å². The Balaban J connectivity index is 0.000000294. The Kier molecular flexibility index (Phi) is 40.9. The first-order valence-corrected chi connectivity index (χ1v) is 45.6. The van der Waals surface area contributed by atoms with Gasteiger partial charge in [-0.25, -0.2) is 69.1 Å². The first kappa shape index (κ1) is 106. The lowest BCUT2D eigenvalue weighted by Crippen LogP contribution is -3.61. The lowest BCUT2D eigenvalue weighted by Gasteiger charge is -2.21. The van der Waals surface area contributed by atoms with Gasteiger partial charge in [0.05, 0.1) is 20.9 Å². The van der Waals surface area contributed by atoms with E-state index in [2.05, 4.69) is 417 Å². The maximum atomic E-state index is 12.6. The van der Waals surface area contributed by atoms with Crippen LogP contribution in [-0.2, 0) is 0 Å². The zero-order chi connectivity index (χ0) is 106. The highest BCUT2D eigenvalue weighted by Gasteiger charge is 2.25. The summed E-state index contributed by atoms with van der Waals surface area (Å²) in [5, 5.41) is 7.50. The van der Waals surface area contributed by atoms with E-state index in [4.69, 9.17) is 33.0 Å². The van der Waals surface area contributed by atoms with Gasteiger partial charge in [-0.3, -0.25) is 0 Å². The van der Waals surface area contributed by atoms with E-state index in [0.29, 0.717) is 5.92 Å². The van der Waals surface area contributed by atoms with Crippen LogP contribution in [-0.4, -0.2) is 38.9 Å². The number of para-hydroxylation sites is 1. The van der Waals surface area contributed by atoms with Crippen molar-refractivity contribution >= 4 is 93.3 Å². The summed E-state index contributed by atoms with van der Waals surface area (Å²) in [5.74, 6) is -17.4. The fraction of sp³-hybridized carbons (Fsp3) is 0.121. The average Bonchev–Trinajstić information content (AvgIpc) is 0.711. The number of quaternary nitrogens is 1. The van der Waals surface area contributed by atoms with Crippen LogP contribution in [0.3, 0.4) is 0 Å². The van der Waals surface area contributed by atoms with E-state index in [0.717, 1.165) is 20.8 Å². The lowest BCUT2D eigenvalue weighted by atomic mass is 9.82. The molecule has 1 N–H and O–H groups in total. The Labute approximate surface area is 858 Å². The van der Waals surface area contributed by atoms with Gasteiger partial charge in [0.15, 0.2) is 42.0 Å². The number of benzene rings is 18. The molecule has 0 amide bonds. The Morgan fingerprint density at radius 3 is 0.754 bits per heavy atom. The molecule has 0 spiro atoms. The van der Waals surface area contributed by atoms with Crippen molar-refractivity contribution in [3.63, 3.8) is 0 Å². The molecule has 9 radical (unpaired) electrons. The molecule has 0 aromatic heterocycles. The van der Waals surface area contributed by atoms with Crippen LogP contribution in [0.5, 0.6) is 0 Å². The second-order valence-electron chi connectivity index (χ2n) is 32.3. The quantitative estimate of drug-likeness (QED) is 0.0237. The Morgan fingerprint density at radius 2 is 0.549 bits per heavy atom. The van der Waals surface area contributed by atoms with Crippen molar-refractivity contribution in [3.05, 3.63) is 510 Å². The molecule has 0 saturated carbocycles. The molecular weight excluding hydrogens is 1920 g/mol. The minimum absolute atomic E-state index is 0. The fourth-order valence-electron chi connectivity index (χ4n) is 15.3. The van der Waals surface area contributed by atoms with Crippen LogP contribution in [0.1, 0.15) is 111 Å². The smallest absolute Gasteiger partial charge is 0.357 e. The first-order chi connectivity index (χ1) is 70.2. The molecule has 723 valence electrons. The third-order valence-electron chi connectivity index (χ3n) is 22.7. The van der Waals surface area contributed by atoms with E-state index in [9.17, 15) is 52.7 Å². The topological polar surface area (TPSA) is 4.44 Å². The number of rotatable bonds is 12. The van der Waals surface area contributed by atoms with Crippen LogP contribution < -0.4 is 42.5 Å². The monoisotopic (exact) mass is 2050 g/mol. The van der Waals surface area contributed by atoms with E-state index in [1.54, 1.807) is 9.84 Å². The van der Waals surface area contributed by atoms with Crippen LogP contribution in [0.2, 0.25) is 0 Å². The Morgan fingerprint density at radius 1 is 0.331 bits per heavy atom. The van der Waals surface area contributed by atoms with E-state index >= 15 is 0 Å². The molecule has 0 fully saturated rings. The Bertz CT molecular complexity index is 6300. The number of hydrogen-bond acceptors (Lipinski definition) is 0. The van der Waals surface area contributed by atoms with Crippen molar-refractivity contribution in [2.75, 3.05) is 14.1 Å². The summed E-state index contributed by atoms with van der Waals surface area (Å²) in [6.45, 7) is 9.40. The van der Waals surface area contributed by atoms with Crippen LogP contribution in [0.4, 0.5) is 58.4 Å². The molecular formula is C124H117B3F12INP. The van der Waals surface area contributed by atoms with Gasteiger partial charge in [0.25, 0.3) is 0 Å². The van der Waals surface area contributed by atoms with E-state index < -0.39 is 110 Å². The molecule has 18 aromatic carbocycles. The van der Waals surface area contributed by atoms with Crippen LogP contribution in [0.15, 0.2) is 388 Å². The molecule has 1 atom stereocenters. The zero-order valence-corrected chi connectivity index (χ0v) is 81.3. The van der Waals surface area contributed by atoms with Crippen molar-refractivity contribution in [1.29, 1.82) is 1.28 Å². The predicted octanol–water partition coefficient (Wildman–Crippen LogP) is 29.6. The number of halogens is 13. The largest absolute Gasteiger partial charge is 0.572 e. The highest BCUT2D eigenvalue weighted by Crippen LogP contribution is 2.48. The number of fused-ring (bicyclic) bond motifs is 6. The summed E-state index contributed by atoms with van der Waals surface area (Å²) >= 11 is -0.0167. The van der Waals surface area contributed by atoms with Gasteiger partial charge in [-0.2, -0.15) is 9.84 Å². The standard InChI is InChI=1S/C54H36.C19H15.C16H18I.C8H11N.3C7H3BF4.6CH4.H3P/c1-7-19-37(20-8-1)43-31-49-50(32-44(43)38-21-9-2-10-22-38)52-34-46(40-25-13-4-14-26-40)48(42-29-17-6-18-30-42)36-54(52)53-35-47(41-27-15-5-16-28-41)45(33-51(49)53)39-23-11-3-12-24-39;1-4-10-16(11-5-1)19(17-12-6-2-7-13-17)18-14-8-3-9-15-18;1-12(2)14-6-10-16(11-7-14)17-15-8-4-13(3)5-9-15;1-9(2)8-6-4-3-5-7-8;3*1-2-4(9)6(11)3(8)7(12)5(2)10;;;;;;;/h1-36H;1-15H;4-12H,1-3H3;3-7H,1-2H3;3*1H3;6*1H4;1H3/q;2*+1;;3*-1;;;;;;;/p+1/i;;;;;;;1D3;1D2;1D;;;;1T. The second-order valence-corrected chi connectivity index (χ2v) is 35.4. The minimum Gasteiger partial charge on any atom is -0.572 e.